The molecule has 1 N–H and O–H groups in total. The first-order valence-corrected chi connectivity index (χ1v) is 14.3. The summed E-state index contributed by atoms with van der Waals surface area (Å²) < 4.78 is 9.98. The van der Waals surface area contributed by atoms with Crippen molar-refractivity contribution in [3.05, 3.63) is 66.2 Å². The monoisotopic (exact) mass is 540 g/mol. The summed E-state index contributed by atoms with van der Waals surface area (Å²) in [5, 5.41) is 8.98. The van der Waals surface area contributed by atoms with Gasteiger partial charge in [0.15, 0.2) is 20.0 Å². The van der Waals surface area contributed by atoms with Crippen LogP contribution in [0.4, 0.5) is 0 Å². The molecule has 5 heterocycles. The normalized spacial score (nSPS) is 15.9. The SMILES string of the molecule is BNCCN(C)Cc1ccc2nc(C)c(-c3nc(-c4ccccc4)c(-c4ncn(C5CCCCO5)n4)s3)n2c1. The van der Waals surface area contributed by atoms with Gasteiger partial charge in [-0.3, -0.25) is 4.40 Å². The summed E-state index contributed by atoms with van der Waals surface area (Å²) in [5.74, 6) is 0.671. The highest BCUT2D eigenvalue weighted by atomic mass is 32.1. The number of nitrogens with zero attached hydrogens (tertiary/aromatic N) is 7. The first-order chi connectivity index (χ1) is 19.1. The van der Waals surface area contributed by atoms with E-state index in [1.54, 1.807) is 17.7 Å². The van der Waals surface area contributed by atoms with Crippen molar-refractivity contribution >= 4 is 25.0 Å². The molecule has 9 nitrogen and oxygen atoms in total. The fraction of sp³-hybridized carbons (Fsp3) is 0.357. The molecule has 4 aromatic heterocycles. The number of imidazole rings is 1. The predicted octanol–water partition coefficient (Wildman–Crippen LogP) is 3.96. The minimum atomic E-state index is -0.0572. The standard InChI is InChI=1S/C28H33BN8OS/c1-19-25(36-17-20(11-12-22(36)32-19)16-35(2)14-13-31-29)28-33-24(21-8-4-3-5-9-21)26(39-28)27-30-18-37(34-27)23-10-6-7-15-38-23/h3-5,8-9,11-12,17-18,23,31H,6-7,10,13-16,29H2,1-2H3. The molecule has 0 spiro atoms. The van der Waals surface area contributed by atoms with Gasteiger partial charge in [-0.2, -0.15) is 0 Å². The molecule has 0 amide bonds. The zero-order valence-corrected chi connectivity index (χ0v) is 23.5. The van der Waals surface area contributed by atoms with E-state index in [1.165, 1.54) is 5.56 Å². The summed E-state index contributed by atoms with van der Waals surface area (Å²) in [6.45, 7) is 5.61. The maximum atomic E-state index is 5.95. The molecule has 5 aromatic rings. The van der Waals surface area contributed by atoms with Gasteiger partial charge >= 0.3 is 0 Å². The molecular formula is C28H33BN8OS. The molecule has 0 aliphatic carbocycles. The van der Waals surface area contributed by atoms with Crippen LogP contribution < -0.4 is 5.23 Å². The Hall–Kier alpha value is -3.38. The lowest BCUT2D eigenvalue weighted by Gasteiger charge is -2.21. The van der Waals surface area contributed by atoms with Crippen LogP contribution in [0.3, 0.4) is 0 Å². The Balaban J connectivity index is 1.41. The smallest absolute Gasteiger partial charge is 0.193 e. The van der Waals surface area contributed by atoms with Gasteiger partial charge in [0.1, 0.15) is 27.6 Å². The third-order valence-corrected chi connectivity index (χ3v) is 8.15. The second-order valence-electron chi connectivity index (χ2n) is 10.1. The van der Waals surface area contributed by atoms with E-state index in [0.717, 1.165) is 83.7 Å². The Bertz CT molecular complexity index is 1560. The van der Waals surface area contributed by atoms with Crippen molar-refractivity contribution in [2.45, 2.75) is 39.0 Å². The van der Waals surface area contributed by atoms with Gasteiger partial charge in [0.2, 0.25) is 0 Å². The molecule has 0 radical (unpaired) electrons. The first kappa shape index (κ1) is 25.9. The summed E-state index contributed by atoms with van der Waals surface area (Å²) in [5.41, 5.74) is 6.03. The molecule has 0 bridgehead atoms. The number of likely N-dealkylation sites (N-methyl/N-ethyl adjacent to an activating group) is 1. The van der Waals surface area contributed by atoms with Crippen molar-refractivity contribution in [3.63, 3.8) is 0 Å². The van der Waals surface area contributed by atoms with Crippen LogP contribution in [0.2, 0.25) is 0 Å². The maximum absolute atomic E-state index is 5.95. The van der Waals surface area contributed by atoms with E-state index < -0.39 is 0 Å². The van der Waals surface area contributed by atoms with Crippen molar-refractivity contribution < 1.29 is 4.74 Å². The molecule has 1 aliphatic heterocycles. The first-order valence-electron chi connectivity index (χ1n) is 13.5. The number of ether oxygens (including phenoxy) is 1. The number of hydrogen-bond acceptors (Lipinski definition) is 8. The van der Waals surface area contributed by atoms with Crippen molar-refractivity contribution in [3.8, 4) is 32.7 Å². The second kappa shape index (κ2) is 11.4. The minimum absolute atomic E-state index is 0.0572. The lowest BCUT2D eigenvalue weighted by Crippen LogP contribution is -2.27. The lowest BCUT2D eigenvalue weighted by atomic mass is 10.1. The van der Waals surface area contributed by atoms with Gasteiger partial charge in [-0.1, -0.05) is 36.4 Å². The number of aromatic nitrogens is 6. The van der Waals surface area contributed by atoms with Crippen LogP contribution >= 0.6 is 11.3 Å². The minimum Gasteiger partial charge on any atom is -0.361 e. The van der Waals surface area contributed by atoms with Crippen molar-refractivity contribution in [1.82, 2.24) is 39.3 Å². The summed E-state index contributed by atoms with van der Waals surface area (Å²) in [6, 6.07) is 14.5. The summed E-state index contributed by atoms with van der Waals surface area (Å²) in [6.07, 6.45) is 7.11. The zero-order chi connectivity index (χ0) is 26.8. The molecule has 1 unspecified atom stereocenters. The molecular weight excluding hydrogens is 507 g/mol. The van der Waals surface area contributed by atoms with Crippen LogP contribution in [-0.4, -0.2) is 68.8 Å². The largest absolute Gasteiger partial charge is 0.361 e. The average Bonchev–Trinajstić information content (AvgIpc) is 3.69. The molecule has 1 fully saturated rings. The quantitative estimate of drug-likeness (QED) is 0.283. The summed E-state index contributed by atoms with van der Waals surface area (Å²) in [7, 11) is 4.13. The van der Waals surface area contributed by atoms with Gasteiger partial charge in [-0.25, -0.2) is 19.6 Å². The highest BCUT2D eigenvalue weighted by Crippen LogP contribution is 2.40. The third-order valence-electron chi connectivity index (χ3n) is 7.09. The topological polar surface area (TPSA) is 85.4 Å². The van der Waals surface area contributed by atoms with E-state index in [9.17, 15) is 0 Å². The van der Waals surface area contributed by atoms with Crippen molar-refractivity contribution in [2.24, 2.45) is 0 Å². The third kappa shape index (κ3) is 5.40. The Labute approximate surface area is 233 Å². The predicted molar refractivity (Wildman–Crippen MR) is 157 cm³/mol. The van der Waals surface area contributed by atoms with Gasteiger partial charge < -0.3 is 14.9 Å². The second-order valence-corrected chi connectivity index (χ2v) is 11.1. The van der Waals surface area contributed by atoms with Crippen LogP contribution in [0.5, 0.6) is 0 Å². The highest BCUT2D eigenvalue weighted by Gasteiger charge is 2.24. The zero-order valence-electron chi connectivity index (χ0n) is 22.7. The van der Waals surface area contributed by atoms with Gasteiger partial charge in [-0.05, 0) is 51.4 Å². The average molecular weight is 541 g/mol. The van der Waals surface area contributed by atoms with Crippen LogP contribution in [0, 0.1) is 6.92 Å². The fourth-order valence-corrected chi connectivity index (χ4v) is 6.18. The van der Waals surface area contributed by atoms with Crippen LogP contribution in [0.15, 0.2) is 55.0 Å². The Morgan fingerprint density at radius 1 is 1.15 bits per heavy atom. The molecule has 200 valence electrons. The molecule has 1 aromatic carbocycles. The number of benzene rings is 1. The number of aryl methyl sites for hydroxylation is 1. The van der Waals surface area contributed by atoms with Crippen LogP contribution in [0.1, 0.15) is 36.7 Å². The Kier molecular flexibility index (Phi) is 7.56. The van der Waals surface area contributed by atoms with Crippen molar-refractivity contribution in [2.75, 3.05) is 26.7 Å². The molecule has 0 saturated carbocycles. The van der Waals surface area contributed by atoms with Gasteiger partial charge in [-0.15, -0.1) is 16.4 Å². The summed E-state index contributed by atoms with van der Waals surface area (Å²) >= 11 is 1.62. The fourth-order valence-electron chi connectivity index (χ4n) is 5.07. The summed E-state index contributed by atoms with van der Waals surface area (Å²) in [4.78, 5) is 18.0. The number of thiazole rings is 1. The van der Waals surface area contributed by atoms with Gasteiger partial charge in [0, 0.05) is 31.5 Å². The van der Waals surface area contributed by atoms with Crippen LogP contribution in [-0.2, 0) is 11.3 Å². The molecule has 11 heteroatoms. The molecule has 39 heavy (non-hydrogen) atoms. The van der Waals surface area contributed by atoms with E-state index in [0.29, 0.717) is 5.82 Å². The number of rotatable bonds is 9. The van der Waals surface area contributed by atoms with E-state index in [4.69, 9.17) is 24.8 Å². The Morgan fingerprint density at radius 2 is 2.03 bits per heavy atom. The van der Waals surface area contributed by atoms with E-state index >= 15 is 0 Å². The van der Waals surface area contributed by atoms with Crippen LogP contribution in [0.25, 0.3) is 38.3 Å². The number of fused-ring (bicyclic) bond motifs is 1. The molecule has 6 rings (SSSR count). The number of nitrogens with one attached hydrogen (secondary N) is 1. The highest BCUT2D eigenvalue weighted by molar-refractivity contribution is 7.18. The number of hydrogen-bond donors (Lipinski definition) is 1. The Morgan fingerprint density at radius 3 is 2.82 bits per heavy atom. The van der Waals surface area contributed by atoms with Gasteiger partial charge in [0.05, 0.1) is 11.4 Å². The molecule has 1 atom stereocenters. The lowest BCUT2D eigenvalue weighted by molar-refractivity contribution is -0.0395. The van der Waals surface area contributed by atoms with E-state index in [-0.39, 0.29) is 6.23 Å². The number of pyridine rings is 1. The van der Waals surface area contributed by atoms with Gasteiger partial charge in [0.25, 0.3) is 0 Å². The maximum Gasteiger partial charge on any atom is 0.193 e. The molecule has 1 saturated heterocycles. The van der Waals surface area contributed by atoms with Crippen molar-refractivity contribution in [1.29, 1.82) is 0 Å². The molecule has 1 aliphatic rings. The van der Waals surface area contributed by atoms with E-state index in [1.807, 2.05) is 30.9 Å². The van der Waals surface area contributed by atoms with E-state index in [2.05, 4.69) is 59.0 Å².